The summed E-state index contributed by atoms with van der Waals surface area (Å²) in [6, 6.07) is 16.1. The first-order valence-corrected chi connectivity index (χ1v) is 8.22. The largest absolute Gasteiger partial charge is 0.481 e. The predicted octanol–water partition coefficient (Wildman–Crippen LogP) is 4.17. The quantitative estimate of drug-likeness (QED) is 0.848. The molecule has 2 aromatic carbocycles. The number of nitrogens with zero attached hydrogens (tertiary/aromatic N) is 1. The maximum atomic E-state index is 12.7. The minimum absolute atomic E-state index is 0.0166. The van der Waals surface area contributed by atoms with Crippen LogP contribution in [0.2, 0.25) is 0 Å². The summed E-state index contributed by atoms with van der Waals surface area (Å²) < 4.78 is 5.85. The van der Waals surface area contributed by atoms with E-state index in [0.717, 1.165) is 24.4 Å². The molecule has 3 heteroatoms. The lowest BCUT2D eigenvalue weighted by Crippen LogP contribution is -2.39. The molecule has 120 valence electrons. The average Bonchev–Trinajstić information content (AvgIpc) is 2.98. The first kappa shape index (κ1) is 15.6. The summed E-state index contributed by atoms with van der Waals surface area (Å²) >= 11 is 0. The number of amides is 1. The highest BCUT2D eigenvalue weighted by atomic mass is 16.5. The molecule has 0 spiro atoms. The third-order valence-corrected chi connectivity index (χ3v) is 4.36. The van der Waals surface area contributed by atoms with Gasteiger partial charge in [-0.2, -0.15) is 0 Å². The van der Waals surface area contributed by atoms with Crippen molar-refractivity contribution in [3.8, 4) is 5.75 Å². The van der Waals surface area contributed by atoms with Gasteiger partial charge < -0.3 is 9.64 Å². The van der Waals surface area contributed by atoms with Crippen LogP contribution >= 0.6 is 0 Å². The lowest BCUT2D eigenvalue weighted by molar-refractivity contribution is -0.124. The van der Waals surface area contributed by atoms with Gasteiger partial charge in [0.15, 0.2) is 6.10 Å². The van der Waals surface area contributed by atoms with Crippen molar-refractivity contribution < 1.29 is 9.53 Å². The third kappa shape index (κ3) is 3.24. The molecule has 3 rings (SSSR count). The maximum Gasteiger partial charge on any atom is 0.267 e. The van der Waals surface area contributed by atoms with Crippen LogP contribution in [0.5, 0.6) is 5.75 Å². The number of ether oxygens (including phenoxy) is 1. The van der Waals surface area contributed by atoms with Gasteiger partial charge in [-0.15, -0.1) is 0 Å². The van der Waals surface area contributed by atoms with Crippen molar-refractivity contribution >= 4 is 11.6 Å². The topological polar surface area (TPSA) is 29.5 Å². The molecule has 0 saturated heterocycles. The standard InChI is InChI=1S/C20H23NO2/c1-14(2)16-8-10-18(11-9-16)23-15(3)20(22)21-13-12-17-6-4-5-7-19(17)21/h4-11,14-15H,12-13H2,1-3H3/t15-/m1/s1. The molecule has 0 aromatic heterocycles. The number of hydrogen-bond donors (Lipinski definition) is 0. The predicted molar refractivity (Wildman–Crippen MR) is 93.1 cm³/mol. The van der Waals surface area contributed by atoms with Gasteiger partial charge in [-0.1, -0.05) is 44.2 Å². The molecule has 0 bridgehead atoms. The van der Waals surface area contributed by atoms with Crippen LogP contribution in [0.4, 0.5) is 5.69 Å². The third-order valence-electron chi connectivity index (χ3n) is 4.36. The zero-order valence-electron chi connectivity index (χ0n) is 14.0. The fraction of sp³-hybridized carbons (Fsp3) is 0.350. The number of carbonyl (C=O) groups excluding carboxylic acids is 1. The number of para-hydroxylation sites is 1. The van der Waals surface area contributed by atoms with E-state index in [1.54, 1.807) is 0 Å². The van der Waals surface area contributed by atoms with Gasteiger partial charge in [-0.25, -0.2) is 0 Å². The Morgan fingerprint density at radius 3 is 2.43 bits per heavy atom. The number of hydrogen-bond acceptors (Lipinski definition) is 2. The van der Waals surface area contributed by atoms with E-state index in [1.165, 1.54) is 11.1 Å². The molecule has 1 amide bonds. The molecular formula is C20H23NO2. The average molecular weight is 309 g/mol. The normalized spacial score (nSPS) is 14.7. The number of anilines is 1. The minimum Gasteiger partial charge on any atom is -0.481 e. The van der Waals surface area contributed by atoms with Crippen molar-refractivity contribution in [2.45, 2.75) is 39.2 Å². The Bertz CT molecular complexity index is 691. The van der Waals surface area contributed by atoms with Crippen LogP contribution in [0.1, 0.15) is 37.8 Å². The van der Waals surface area contributed by atoms with Crippen LogP contribution in [-0.2, 0) is 11.2 Å². The van der Waals surface area contributed by atoms with Crippen molar-refractivity contribution in [1.82, 2.24) is 0 Å². The van der Waals surface area contributed by atoms with E-state index in [1.807, 2.05) is 42.2 Å². The first-order valence-electron chi connectivity index (χ1n) is 8.22. The van der Waals surface area contributed by atoms with Crippen molar-refractivity contribution in [3.05, 3.63) is 59.7 Å². The Labute approximate surface area is 137 Å². The molecule has 3 nitrogen and oxygen atoms in total. The van der Waals surface area contributed by atoms with E-state index in [0.29, 0.717) is 5.92 Å². The minimum atomic E-state index is -0.494. The van der Waals surface area contributed by atoms with Gasteiger partial charge in [0.25, 0.3) is 5.91 Å². The van der Waals surface area contributed by atoms with Crippen LogP contribution in [0.15, 0.2) is 48.5 Å². The Morgan fingerprint density at radius 1 is 1.04 bits per heavy atom. The lowest BCUT2D eigenvalue weighted by Gasteiger charge is -2.22. The molecule has 0 saturated carbocycles. The van der Waals surface area contributed by atoms with Crippen molar-refractivity contribution in [1.29, 1.82) is 0 Å². The molecular weight excluding hydrogens is 286 g/mol. The smallest absolute Gasteiger partial charge is 0.267 e. The monoisotopic (exact) mass is 309 g/mol. The molecule has 0 radical (unpaired) electrons. The number of carbonyl (C=O) groups is 1. The SMILES string of the molecule is CC(C)c1ccc(O[C@H](C)C(=O)N2CCc3ccccc32)cc1. The van der Waals surface area contributed by atoms with E-state index >= 15 is 0 Å². The highest BCUT2D eigenvalue weighted by Gasteiger charge is 2.28. The Balaban J connectivity index is 1.69. The second kappa shape index (κ2) is 6.45. The second-order valence-corrected chi connectivity index (χ2v) is 6.35. The summed E-state index contributed by atoms with van der Waals surface area (Å²) in [5.41, 5.74) is 3.52. The Kier molecular flexibility index (Phi) is 4.37. The number of rotatable bonds is 4. The van der Waals surface area contributed by atoms with Gasteiger partial charge in [0.1, 0.15) is 5.75 Å². The van der Waals surface area contributed by atoms with Crippen LogP contribution in [-0.4, -0.2) is 18.6 Å². The summed E-state index contributed by atoms with van der Waals surface area (Å²) in [6.07, 6.45) is 0.420. The summed E-state index contributed by atoms with van der Waals surface area (Å²) in [7, 11) is 0. The molecule has 1 atom stereocenters. The van der Waals surface area contributed by atoms with Gasteiger partial charge in [0.05, 0.1) is 0 Å². The Hall–Kier alpha value is -2.29. The molecule has 0 unspecified atom stereocenters. The van der Waals surface area contributed by atoms with Gasteiger partial charge in [0, 0.05) is 12.2 Å². The summed E-state index contributed by atoms with van der Waals surface area (Å²) in [5, 5.41) is 0. The first-order chi connectivity index (χ1) is 11.1. The molecule has 0 aliphatic carbocycles. The molecule has 23 heavy (non-hydrogen) atoms. The highest BCUT2D eigenvalue weighted by molar-refractivity contribution is 5.98. The highest BCUT2D eigenvalue weighted by Crippen LogP contribution is 2.28. The molecule has 1 aliphatic rings. The fourth-order valence-corrected chi connectivity index (χ4v) is 2.97. The van der Waals surface area contributed by atoms with Crippen molar-refractivity contribution in [2.75, 3.05) is 11.4 Å². The molecule has 1 heterocycles. The van der Waals surface area contributed by atoms with Crippen LogP contribution in [0.3, 0.4) is 0 Å². The fourth-order valence-electron chi connectivity index (χ4n) is 2.97. The summed E-state index contributed by atoms with van der Waals surface area (Å²) in [6.45, 7) is 6.87. The molecule has 0 N–H and O–H groups in total. The Morgan fingerprint density at radius 2 is 1.74 bits per heavy atom. The molecule has 1 aliphatic heterocycles. The van der Waals surface area contributed by atoms with E-state index in [2.05, 4.69) is 32.0 Å². The van der Waals surface area contributed by atoms with Gasteiger partial charge >= 0.3 is 0 Å². The molecule has 2 aromatic rings. The maximum absolute atomic E-state index is 12.7. The number of fused-ring (bicyclic) bond motifs is 1. The zero-order chi connectivity index (χ0) is 16.4. The van der Waals surface area contributed by atoms with E-state index < -0.39 is 6.10 Å². The van der Waals surface area contributed by atoms with Crippen LogP contribution < -0.4 is 9.64 Å². The van der Waals surface area contributed by atoms with Crippen molar-refractivity contribution in [2.24, 2.45) is 0 Å². The van der Waals surface area contributed by atoms with Gasteiger partial charge in [0.2, 0.25) is 0 Å². The lowest BCUT2D eigenvalue weighted by atomic mass is 10.0. The van der Waals surface area contributed by atoms with Crippen LogP contribution in [0, 0.1) is 0 Å². The van der Waals surface area contributed by atoms with E-state index in [4.69, 9.17) is 4.74 Å². The van der Waals surface area contributed by atoms with Crippen molar-refractivity contribution in [3.63, 3.8) is 0 Å². The summed E-state index contributed by atoms with van der Waals surface area (Å²) in [4.78, 5) is 14.5. The second-order valence-electron chi connectivity index (χ2n) is 6.35. The number of benzene rings is 2. The summed E-state index contributed by atoms with van der Waals surface area (Å²) in [5.74, 6) is 1.25. The van der Waals surface area contributed by atoms with E-state index in [-0.39, 0.29) is 5.91 Å². The molecule has 0 fully saturated rings. The zero-order valence-corrected chi connectivity index (χ0v) is 14.0. The van der Waals surface area contributed by atoms with Crippen LogP contribution in [0.25, 0.3) is 0 Å². The van der Waals surface area contributed by atoms with Gasteiger partial charge in [-0.05, 0) is 48.6 Å². The van der Waals surface area contributed by atoms with E-state index in [9.17, 15) is 4.79 Å². The van der Waals surface area contributed by atoms with Gasteiger partial charge in [-0.3, -0.25) is 4.79 Å².